The monoisotopic (exact) mass is 233 g/mol. The predicted molar refractivity (Wildman–Crippen MR) is 71.5 cm³/mol. The first kappa shape index (κ1) is 12.4. The largest absolute Gasteiger partial charge is 0.493 e. The van der Waals surface area contributed by atoms with Crippen LogP contribution < -0.4 is 10.1 Å². The molecule has 0 aliphatic carbocycles. The average Bonchev–Trinajstić information content (AvgIpc) is 2.39. The average molecular weight is 233 g/mol. The first-order valence-corrected chi connectivity index (χ1v) is 6.81. The van der Waals surface area contributed by atoms with Gasteiger partial charge in [-0.3, -0.25) is 0 Å². The summed E-state index contributed by atoms with van der Waals surface area (Å²) in [6.07, 6.45) is 4.87. The molecule has 2 heteroatoms. The molecule has 1 N–H and O–H groups in total. The van der Waals surface area contributed by atoms with Crippen molar-refractivity contribution >= 4 is 0 Å². The molecule has 1 aliphatic heterocycles. The molecule has 1 saturated heterocycles. The lowest BCUT2D eigenvalue weighted by atomic mass is 9.92. The maximum atomic E-state index is 5.81. The Hall–Kier alpha value is -1.02. The van der Waals surface area contributed by atoms with Gasteiger partial charge in [0, 0.05) is 0 Å². The highest BCUT2D eigenvalue weighted by Gasteiger charge is 2.15. The van der Waals surface area contributed by atoms with Gasteiger partial charge in [-0.1, -0.05) is 25.1 Å². The van der Waals surface area contributed by atoms with Gasteiger partial charge in [0.2, 0.25) is 0 Å². The van der Waals surface area contributed by atoms with Crippen LogP contribution >= 0.6 is 0 Å². The molecule has 17 heavy (non-hydrogen) atoms. The van der Waals surface area contributed by atoms with Gasteiger partial charge in [0.15, 0.2) is 0 Å². The summed E-state index contributed by atoms with van der Waals surface area (Å²) in [5.41, 5.74) is 1.37. The van der Waals surface area contributed by atoms with Crippen molar-refractivity contribution in [2.75, 3.05) is 19.7 Å². The van der Waals surface area contributed by atoms with Gasteiger partial charge in [-0.15, -0.1) is 0 Å². The molecule has 1 heterocycles. The first-order chi connectivity index (χ1) is 8.40. The van der Waals surface area contributed by atoms with Crippen LogP contribution in [0.15, 0.2) is 24.3 Å². The van der Waals surface area contributed by atoms with Crippen molar-refractivity contribution in [3.05, 3.63) is 29.8 Å². The van der Waals surface area contributed by atoms with Crippen LogP contribution in [0.2, 0.25) is 0 Å². The molecule has 1 aromatic carbocycles. The molecular formula is C15H23NO. The summed E-state index contributed by atoms with van der Waals surface area (Å²) in [6, 6.07) is 8.48. The smallest absolute Gasteiger partial charge is 0.122 e. The number of benzene rings is 1. The van der Waals surface area contributed by atoms with E-state index in [0.717, 1.165) is 37.7 Å². The fourth-order valence-corrected chi connectivity index (χ4v) is 2.43. The summed E-state index contributed by atoms with van der Waals surface area (Å²) >= 11 is 0. The number of para-hydroxylation sites is 1. The number of hydrogen-bond donors (Lipinski definition) is 1. The minimum atomic E-state index is 0.773. The highest BCUT2D eigenvalue weighted by atomic mass is 16.5. The van der Waals surface area contributed by atoms with E-state index in [4.69, 9.17) is 4.74 Å². The molecule has 2 nitrogen and oxygen atoms in total. The van der Waals surface area contributed by atoms with Crippen molar-refractivity contribution in [2.24, 2.45) is 5.92 Å². The number of piperidine rings is 1. The van der Waals surface area contributed by atoms with Crippen LogP contribution in [-0.4, -0.2) is 19.7 Å². The SMILES string of the molecule is CCCOc1ccccc1CC1CCCNC1. The van der Waals surface area contributed by atoms with Crippen LogP contribution in [0, 0.1) is 5.92 Å². The van der Waals surface area contributed by atoms with E-state index in [9.17, 15) is 0 Å². The standard InChI is InChI=1S/C15H23NO/c1-2-10-17-15-8-4-3-7-14(15)11-13-6-5-9-16-12-13/h3-4,7-8,13,16H,2,5-6,9-12H2,1H3. The van der Waals surface area contributed by atoms with Crippen LogP contribution in [0.4, 0.5) is 0 Å². The normalized spacial score (nSPS) is 20.2. The lowest BCUT2D eigenvalue weighted by molar-refractivity contribution is 0.308. The van der Waals surface area contributed by atoms with E-state index in [0.29, 0.717) is 0 Å². The van der Waals surface area contributed by atoms with Crippen molar-refractivity contribution in [1.82, 2.24) is 5.32 Å². The maximum Gasteiger partial charge on any atom is 0.122 e. The fraction of sp³-hybridized carbons (Fsp3) is 0.600. The molecule has 1 unspecified atom stereocenters. The van der Waals surface area contributed by atoms with Gasteiger partial charge in [-0.05, 0) is 56.3 Å². The Morgan fingerprint density at radius 3 is 3.00 bits per heavy atom. The third-order valence-corrected chi connectivity index (χ3v) is 3.34. The summed E-state index contributed by atoms with van der Waals surface area (Å²) in [4.78, 5) is 0. The van der Waals surface area contributed by atoms with Crippen LogP contribution in [0.5, 0.6) is 5.75 Å². The van der Waals surface area contributed by atoms with Gasteiger partial charge in [0.1, 0.15) is 5.75 Å². The lowest BCUT2D eigenvalue weighted by Gasteiger charge is -2.23. The molecule has 2 rings (SSSR count). The minimum absolute atomic E-state index is 0.773. The zero-order chi connectivity index (χ0) is 11.9. The molecule has 0 bridgehead atoms. The zero-order valence-electron chi connectivity index (χ0n) is 10.7. The number of nitrogens with one attached hydrogen (secondary N) is 1. The molecule has 0 spiro atoms. The van der Waals surface area contributed by atoms with Crippen LogP contribution in [-0.2, 0) is 6.42 Å². The van der Waals surface area contributed by atoms with Gasteiger partial charge in [0.05, 0.1) is 6.61 Å². The van der Waals surface area contributed by atoms with E-state index >= 15 is 0 Å². The second kappa shape index (κ2) is 6.65. The summed E-state index contributed by atoms with van der Waals surface area (Å²) in [7, 11) is 0. The number of ether oxygens (including phenoxy) is 1. The number of rotatable bonds is 5. The molecule has 0 radical (unpaired) electrons. The van der Waals surface area contributed by atoms with Crippen molar-refractivity contribution in [1.29, 1.82) is 0 Å². The quantitative estimate of drug-likeness (QED) is 0.844. The summed E-state index contributed by atoms with van der Waals surface area (Å²) in [5, 5.41) is 3.48. The van der Waals surface area contributed by atoms with E-state index in [1.165, 1.54) is 24.9 Å². The first-order valence-electron chi connectivity index (χ1n) is 6.81. The van der Waals surface area contributed by atoms with Crippen LogP contribution in [0.3, 0.4) is 0 Å². The Kier molecular flexibility index (Phi) is 4.87. The Balaban J connectivity index is 1.98. The Morgan fingerprint density at radius 1 is 1.35 bits per heavy atom. The van der Waals surface area contributed by atoms with Crippen molar-refractivity contribution in [3.8, 4) is 5.75 Å². The third-order valence-electron chi connectivity index (χ3n) is 3.34. The molecule has 1 fully saturated rings. The second-order valence-corrected chi connectivity index (χ2v) is 4.87. The Labute approximate surface area is 104 Å². The van der Waals surface area contributed by atoms with E-state index in [1.54, 1.807) is 0 Å². The molecule has 0 saturated carbocycles. The second-order valence-electron chi connectivity index (χ2n) is 4.87. The molecule has 0 amide bonds. The highest BCUT2D eigenvalue weighted by Crippen LogP contribution is 2.24. The van der Waals surface area contributed by atoms with Gasteiger partial charge in [-0.2, -0.15) is 0 Å². The predicted octanol–water partition coefficient (Wildman–Crippen LogP) is 3.02. The molecule has 1 aliphatic rings. The molecule has 1 aromatic rings. The van der Waals surface area contributed by atoms with Gasteiger partial charge < -0.3 is 10.1 Å². The molecule has 1 atom stereocenters. The van der Waals surface area contributed by atoms with Crippen molar-refractivity contribution < 1.29 is 4.74 Å². The summed E-state index contributed by atoms with van der Waals surface area (Å²) in [6.45, 7) is 5.31. The van der Waals surface area contributed by atoms with Gasteiger partial charge in [-0.25, -0.2) is 0 Å². The van der Waals surface area contributed by atoms with Crippen molar-refractivity contribution in [2.45, 2.75) is 32.6 Å². The summed E-state index contributed by atoms with van der Waals surface area (Å²) < 4.78 is 5.81. The molecule has 0 aromatic heterocycles. The lowest BCUT2D eigenvalue weighted by Crippen LogP contribution is -2.30. The van der Waals surface area contributed by atoms with E-state index in [-0.39, 0.29) is 0 Å². The minimum Gasteiger partial charge on any atom is -0.493 e. The molecule has 94 valence electrons. The third kappa shape index (κ3) is 3.74. The van der Waals surface area contributed by atoms with Gasteiger partial charge >= 0.3 is 0 Å². The van der Waals surface area contributed by atoms with E-state index in [2.05, 4.69) is 36.5 Å². The Bertz CT molecular complexity index is 331. The van der Waals surface area contributed by atoms with E-state index < -0.39 is 0 Å². The molecular weight excluding hydrogens is 210 g/mol. The topological polar surface area (TPSA) is 21.3 Å². The fourth-order valence-electron chi connectivity index (χ4n) is 2.43. The van der Waals surface area contributed by atoms with Gasteiger partial charge in [0.25, 0.3) is 0 Å². The van der Waals surface area contributed by atoms with Crippen LogP contribution in [0.25, 0.3) is 0 Å². The Morgan fingerprint density at radius 2 is 2.24 bits per heavy atom. The zero-order valence-corrected chi connectivity index (χ0v) is 10.7. The number of hydrogen-bond acceptors (Lipinski definition) is 2. The van der Waals surface area contributed by atoms with E-state index in [1.807, 2.05) is 0 Å². The highest BCUT2D eigenvalue weighted by molar-refractivity contribution is 5.33. The van der Waals surface area contributed by atoms with Crippen LogP contribution in [0.1, 0.15) is 31.7 Å². The maximum absolute atomic E-state index is 5.81. The van der Waals surface area contributed by atoms with Crippen molar-refractivity contribution in [3.63, 3.8) is 0 Å². The summed E-state index contributed by atoms with van der Waals surface area (Å²) in [5.74, 6) is 1.86.